The minimum atomic E-state index is -1.14. The number of carbonyl (C=O) groups is 2. The molecule has 1 heterocycles. The molecular formula is C10H12N2O4. The molecule has 0 atom stereocenters. The molecule has 2 N–H and O–H groups in total. The van der Waals surface area contributed by atoms with E-state index in [2.05, 4.69) is 9.82 Å². The Bertz CT molecular complexity index is 392. The summed E-state index contributed by atoms with van der Waals surface area (Å²) in [5, 5.41) is 8.27. The van der Waals surface area contributed by atoms with Gasteiger partial charge in [-0.3, -0.25) is 14.6 Å². The topological polar surface area (TPSA) is 88.5 Å². The van der Waals surface area contributed by atoms with Gasteiger partial charge < -0.3 is 5.11 Å². The highest BCUT2D eigenvalue weighted by Gasteiger charge is 2.07. The maximum Gasteiger partial charge on any atom is 0.332 e. The summed E-state index contributed by atoms with van der Waals surface area (Å²) >= 11 is 0. The van der Waals surface area contributed by atoms with E-state index in [4.69, 9.17) is 5.11 Å². The standard InChI is InChI=1S/C10H12N2O4/c1-7-3-2-4-11-8(7)5-9(13)12-16-6-10(14)15/h2-4H,5-6H2,1H3,(H,12,13)(H,14,15). The van der Waals surface area contributed by atoms with E-state index in [1.54, 1.807) is 12.3 Å². The summed E-state index contributed by atoms with van der Waals surface area (Å²) in [6.07, 6.45) is 1.65. The quantitative estimate of drug-likeness (QED) is 0.691. The lowest BCUT2D eigenvalue weighted by Gasteiger charge is -2.05. The average Bonchev–Trinajstić information content (AvgIpc) is 2.21. The molecule has 0 aliphatic rings. The number of hydroxylamine groups is 1. The van der Waals surface area contributed by atoms with Crippen LogP contribution in [0.15, 0.2) is 18.3 Å². The van der Waals surface area contributed by atoms with Crippen LogP contribution in [0.4, 0.5) is 0 Å². The van der Waals surface area contributed by atoms with Gasteiger partial charge in [0.2, 0.25) is 5.91 Å². The predicted molar refractivity (Wildman–Crippen MR) is 54.4 cm³/mol. The van der Waals surface area contributed by atoms with Crippen LogP contribution < -0.4 is 5.48 Å². The third-order valence-electron chi connectivity index (χ3n) is 1.83. The Labute approximate surface area is 92.2 Å². The van der Waals surface area contributed by atoms with E-state index in [0.717, 1.165) is 5.56 Å². The van der Waals surface area contributed by atoms with Crippen molar-refractivity contribution in [3.63, 3.8) is 0 Å². The van der Waals surface area contributed by atoms with Gasteiger partial charge in [0.25, 0.3) is 0 Å². The van der Waals surface area contributed by atoms with Gasteiger partial charge in [-0.15, -0.1) is 0 Å². The van der Waals surface area contributed by atoms with Crippen molar-refractivity contribution in [1.82, 2.24) is 10.5 Å². The van der Waals surface area contributed by atoms with Crippen molar-refractivity contribution in [2.45, 2.75) is 13.3 Å². The molecule has 0 bridgehead atoms. The van der Waals surface area contributed by atoms with Crippen molar-refractivity contribution in [2.24, 2.45) is 0 Å². The number of aliphatic carboxylic acids is 1. The summed E-state index contributed by atoms with van der Waals surface area (Å²) in [6.45, 7) is 1.28. The van der Waals surface area contributed by atoms with Gasteiger partial charge in [0.1, 0.15) is 0 Å². The van der Waals surface area contributed by atoms with Crippen LogP contribution in [0.25, 0.3) is 0 Å². The minimum absolute atomic E-state index is 0.0618. The van der Waals surface area contributed by atoms with E-state index < -0.39 is 18.5 Å². The van der Waals surface area contributed by atoms with Gasteiger partial charge in [0.15, 0.2) is 6.61 Å². The second-order valence-corrected chi connectivity index (χ2v) is 3.15. The number of carboxylic acid groups (broad SMARTS) is 1. The highest BCUT2D eigenvalue weighted by atomic mass is 16.7. The summed E-state index contributed by atoms with van der Waals surface area (Å²) < 4.78 is 0. The highest BCUT2D eigenvalue weighted by molar-refractivity contribution is 5.77. The second-order valence-electron chi connectivity index (χ2n) is 3.15. The SMILES string of the molecule is Cc1cccnc1CC(=O)NOCC(=O)O. The number of carboxylic acids is 1. The smallest absolute Gasteiger partial charge is 0.332 e. The molecule has 1 amide bonds. The molecule has 0 fully saturated rings. The molecule has 1 aromatic heterocycles. The molecule has 0 unspecified atom stereocenters. The molecule has 0 aromatic carbocycles. The number of aryl methyl sites for hydroxylation is 1. The Kier molecular flexibility index (Phi) is 4.41. The Balaban J connectivity index is 2.40. The van der Waals surface area contributed by atoms with Crippen LogP contribution in [-0.2, 0) is 20.8 Å². The summed E-state index contributed by atoms with van der Waals surface area (Å²) in [5.74, 6) is -1.57. The molecule has 0 aliphatic heterocycles. The number of pyridine rings is 1. The summed E-state index contributed by atoms with van der Waals surface area (Å²) in [5.41, 5.74) is 3.57. The summed E-state index contributed by atoms with van der Waals surface area (Å²) in [4.78, 5) is 29.9. The van der Waals surface area contributed by atoms with Crippen molar-refractivity contribution in [3.8, 4) is 0 Å². The molecule has 1 rings (SSSR count). The van der Waals surface area contributed by atoms with E-state index in [0.29, 0.717) is 5.69 Å². The zero-order chi connectivity index (χ0) is 12.0. The molecule has 16 heavy (non-hydrogen) atoms. The molecule has 6 nitrogen and oxygen atoms in total. The van der Waals surface area contributed by atoms with Crippen LogP contribution in [0.2, 0.25) is 0 Å². The molecule has 0 saturated heterocycles. The zero-order valence-corrected chi connectivity index (χ0v) is 8.77. The number of nitrogens with one attached hydrogen (secondary N) is 1. The van der Waals surface area contributed by atoms with Crippen LogP contribution in [0.3, 0.4) is 0 Å². The van der Waals surface area contributed by atoms with Crippen molar-refractivity contribution < 1.29 is 19.5 Å². The highest BCUT2D eigenvalue weighted by Crippen LogP contribution is 2.03. The van der Waals surface area contributed by atoms with Crippen molar-refractivity contribution in [1.29, 1.82) is 0 Å². The van der Waals surface area contributed by atoms with Crippen LogP contribution in [-0.4, -0.2) is 28.6 Å². The van der Waals surface area contributed by atoms with Gasteiger partial charge in [0.05, 0.1) is 12.1 Å². The van der Waals surface area contributed by atoms with Gasteiger partial charge in [-0.05, 0) is 18.6 Å². The molecule has 1 aromatic rings. The lowest BCUT2D eigenvalue weighted by molar-refractivity contribution is -0.149. The summed E-state index contributed by atoms with van der Waals surface area (Å²) in [6, 6.07) is 3.62. The fourth-order valence-corrected chi connectivity index (χ4v) is 1.07. The van der Waals surface area contributed by atoms with Crippen LogP contribution in [0.1, 0.15) is 11.3 Å². The largest absolute Gasteiger partial charge is 0.479 e. The van der Waals surface area contributed by atoms with Gasteiger partial charge in [0, 0.05) is 6.20 Å². The molecule has 0 aliphatic carbocycles. The van der Waals surface area contributed by atoms with Gasteiger partial charge >= 0.3 is 5.97 Å². The van der Waals surface area contributed by atoms with E-state index in [1.807, 2.05) is 18.5 Å². The first-order chi connectivity index (χ1) is 7.59. The van der Waals surface area contributed by atoms with Gasteiger partial charge in [-0.2, -0.15) is 0 Å². The van der Waals surface area contributed by atoms with Crippen LogP contribution >= 0.6 is 0 Å². The second kappa shape index (κ2) is 5.82. The average molecular weight is 224 g/mol. The lowest BCUT2D eigenvalue weighted by atomic mass is 10.1. The third-order valence-corrected chi connectivity index (χ3v) is 1.83. The minimum Gasteiger partial charge on any atom is -0.479 e. The molecule has 0 spiro atoms. The zero-order valence-electron chi connectivity index (χ0n) is 8.77. The number of aromatic nitrogens is 1. The predicted octanol–water partition coefficient (Wildman–Crippen LogP) is 0.0649. The summed E-state index contributed by atoms with van der Waals surface area (Å²) in [7, 11) is 0. The Hall–Kier alpha value is -1.95. The van der Waals surface area contributed by atoms with Crippen molar-refractivity contribution in [2.75, 3.05) is 6.61 Å². The molecule has 6 heteroatoms. The van der Waals surface area contributed by atoms with E-state index in [1.165, 1.54) is 0 Å². The monoisotopic (exact) mass is 224 g/mol. The van der Waals surface area contributed by atoms with Crippen LogP contribution in [0.5, 0.6) is 0 Å². The number of amides is 1. The van der Waals surface area contributed by atoms with E-state index >= 15 is 0 Å². The van der Waals surface area contributed by atoms with Crippen molar-refractivity contribution in [3.05, 3.63) is 29.6 Å². The number of nitrogens with zero attached hydrogens (tertiary/aromatic N) is 1. The first kappa shape index (κ1) is 12.1. The van der Waals surface area contributed by atoms with Crippen molar-refractivity contribution >= 4 is 11.9 Å². The number of hydrogen-bond donors (Lipinski definition) is 2. The fraction of sp³-hybridized carbons (Fsp3) is 0.300. The number of rotatable bonds is 5. The maximum absolute atomic E-state index is 11.3. The fourth-order valence-electron chi connectivity index (χ4n) is 1.07. The molecule has 86 valence electrons. The number of carbonyl (C=O) groups excluding carboxylic acids is 1. The van der Waals surface area contributed by atoms with E-state index in [9.17, 15) is 9.59 Å². The normalized spacial score (nSPS) is 9.81. The Morgan fingerprint density at radius 1 is 1.56 bits per heavy atom. The Morgan fingerprint density at radius 2 is 2.31 bits per heavy atom. The number of hydrogen-bond acceptors (Lipinski definition) is 4. The maximum atomic E-state index is 11.3. The molecule has 0 saturated carbocycles. The van der Waals surface area contributed by atoms with E-state index in [-0.39, 0.29) is 6.42 Å². The molecular weight excluding hydrogens is 212 g/mol. The third kappa shape index (κ3) is 4.05. The molecule has 0 radical (unpaired) electrons. The first-order valence-corrected chi connectivity index (χ1v) is 4.62. The van der Waals surface area contributed by atoms with Crippen LogP contribution in [0, 0.1) is 6.92 Å². The lowest BCUT2D eigenvalue weighted by Crippen LogP contribution is -2.28. The van der Waals surface area contributed by atoms with Gasteiger partial charge in [-0.25, -0.2) is 10.3 Å². The Morgan fingerprint density at radius 3 is 2.94 bits per heavy atom. The first-order valence-electron chi connectivity index (χ1n) is 4.62. The van der Waals surface area contributed by atoms with Gasteiger partial charge in [-0.1, -0.05) is 6.07 Å².